The first-order valence-electron chi connectivity index (χ1n) is 6.46. The molecule has 94 valence electrons. The van der Waals surface area contributed by atoms with Gasteiger partial charge in [0.2, 0.25) is 0 Å². The Hall–Kier alpha value is -2.35. The molecule has 0 amide bonds. The van der Waals surface area contributed by atoms with E-state index in [9.17, 15) is 0 Å². The minimum atomic E-state index is 0.960. The molecule has 2 nitrogen and oxygen atoms in total. The molecule has 19 heavy (non-hydrogen) atoms. The van der Waals surface area contributed by atoms with Crippen LogP contribution in [0.25, 0.3) is 5.69 Å². The number of aryl methyl sites for hydroxylation is 1. The maximum Gasteiger partial charge on any atom is 0.0648 e. The van der Waals surface area contributed by atoms with Crippen LogP contribution >= 0.6 is 0 Å². The molecule has 0 N–H and O–H groups in total. The van der Waals surface area contributed by atoms with Gasteiger partial charge in [0.15, 0.2) is 0 Å². The topological polar surface area (TPSA) is 17.8 Å². The molecule has 0 aliphatic heterocycles. The number of aromatic nitrogens is 2. The van der Waals surface area contributed by atoms with Gasteiger partial charge in [0.1, 0.15) is 0 Å². The molecular weight excluding hydrogens is 232 g/mol. The summed E-state index contributed by atoms with van der Waals surface area (Å²) < 4.78 is 1.90. The van der Waals surface area contributed by atoms with Crippen molar-refractivity contribution in [3.63, 3.8) is 0 Å². The second-order valence-corrected chi connectivity index (χ2v) is 4.72. The molecule has 2 heteroatoms. The molecule has 1 heterocycles. The summed E-state index contributed by atoms with van der Waals surface area (Å²) in [7, 11) is 0. The molecule has 2 aromatic carbocycles. The molecule has 0 saturated heterocycles. The third-order valence-electron chi connectivity index (χ3n) is 3.34. The van der Waals surface area contributed by atoms with Crippen LogP contribution in [0.3, 0.4) is 0 Å². The second-order valence-electron chi connectivity index (χ2n) is 4.72. The lowest BCUT2D eigenvalue weighted by Gasteiger charge is -2.09. The van der Waals surface area contributed by atoms with Crippen LogP contribution in [0.4, 0.5) is 0 Å². The number of benzene rings is 2. The molecule has 0 unspecified atom stereocenters. The van der Waals surface area contributed by atoms with Crippen LogP contribution in [0.5, 0.6) is 0 Å². The zero-order valence-corrected chi connectivity index (χ0v) is 11.0. The summed E-state index contributed by atoms with van der Waals surface area (Å²) in [5, 5.41) is 4.28. The zero-order valence-electron chi connectivity index (χ0n) is 11.0. The standard InChI is InChI=1S/C17H16N2/c1-14-8-9-17(19-11-5-10-18-19)13-16(14)12-15-6-3-2-4-7-15/h2-11,13H,12H2,1H3. The fourth-order valence-electron chi connectivity index (χ4n) is 2.23. The van der Waals surface area contributed by atoms with Crippen LogP contribution in [0.1, 0.15) is 16.7 Å². The van der Waals surface area contributed by atoms with E-state index in [1.807, 2.05) is 16.9 Å². The van der Waals surface area contributed by atoms with Crippen LogP contribution in [0.2, 0.25) is 0 Å². The second kappa shape index (κ2) is 5.11. The minimum absolute atomic E-state index is 0.960. The van der Waals surface area contributed by atoms with Gasteiger partial charge in [-0.05, 0) is 48.2 Å². The van der Waals surface area contributed by atoms with Crippen molar-refractivity contribution in [3.05, 3.63) is 83.7 Å². The van der Waals surface area contributed by atoms with Gasteiger partial charge in [0.25, 0.3) is 0 Å². The molecule has 3 rings (SSSR count). The Morgan fingerprint density at radius 1 is 1.00 bits per heavy atom. The number of rotatable bonds is 3. The predicted octanol–water partition coefficient (Wildman–Crippen LogP) is 3.77. The highest BCUT2D eigenvalue weighted by atomic mass is 15.3. The number of hydrogen-bond acceptors (Lipinski definition) is 1. The fourth-order valence-corrected chi connectivity index (χ4v) is 2.23. The van der Waals surface area contributed by atoms with Crippen molar-refractivity contribution >= 4 is 0 Å². The molecule has 0 spiro atoms. The van der Waals surface area contributed by atoms with Gasteiger partial charge < -0.3 is 0 Å². The van der Waals surface area contributed by atoms with Gasteiger partial charge in [0, 0.05) is 12.4 Å². The Morgan fingerprint density at radius 2 is 1.84 bits per heavy atom. The van der Waals surface area contributed by atoms with Crippen molar-refractivity contribution in [1.82, 2.24) is 9.78 Å². The lowest BCUT2D eigenvalue weighted by atomic mass is 10.00. The summed E-state index contributed by atoms with van der Waals surface area (Å²) in [5.41, 5.74) is 5.11. The van der Waals surface area contributed by atoms with Gasteiger partial charge in [-0.2, -0.15) is 5.10 Å². The molecular formula is C17H16N2. The fraction of sp³-hybridized carbons (Fsp3) is 0.118. The highest BCUT2D eigenvalue weighted by Crippen LogP contribution is 2.17. The first-order chi connectivity index (χ1) is 9.33. The van der Waals surface area contributed by atoms with Gasteiger partial charge in [0.05, 0.1) is 5.69 Å². The highest BCUT2D eigenvalue weighted by Gasteiger charge is 2.03. The van der Waals surface area contributed by atoms with Crippen molar-refractivity contribution in [2.45, 2.75) is 13.3 Å². The van der Waals surface area contributed by atoms with Crippen LogP contribution < -0.4 is 0 Å². The summed E-state index contributed by atoms with van der Waals surface area (Å²) in [5.74, 6) is 0. The summed E-state index contributed by atoms with van der Waals surface area (Å²) in [6.45, 7) is 2.16. The summed E-state index contributed by atoms with van der Waals surface area (Å²) in [6, 6.07) is 19.0. The third kappa shape index (κ3) is 2.58. The quantitative estimate of drug-likeness (QED) is 0.690. The first-order valence-corrected chi connectivity index (χ1v) is 6.46. The monoisotopic (exact) mass is 248 g/mol. The normalized spacial score (nSPS) is 10.6. The third-order valence-corrected chi connectivity index (χ3v) is 3.34. The Morgan fingerprint density at radius 3 is 2.58 bits per heavy atom. The van der Waals surface area contributed by atoms with Gasteiger partial charge in [-0.15, -0.1) is 0 Å². The van der Waals surface area contributed by atoms with E-state index < -0.39 is 0 Å². The van der Waals surface area contributed by atoms with Crippen molar-refractivity contribution in [2.24, 2.45) is 0 Å². The average molecular weight is 248 g/mol. The van der Waals surface area contributed by atoms with E-state index in [1.165, 1.54) is 16.7 Å². The summed E-state index contributed by atoms with van der Waals surface area (Å²) in [4.78, 5) is 0. The maximum absolute atomic E-state index is 4.28. The molecule has 0 bridgehead atoms. The van der Waals surface area contributed by atoms with Gasteiger partial charge in [-0.25, -0.2) is 4.68 Å². The van der Waals surface area contributed by atoms with E-state index in [1.54, 1.807) is 6.20 Å². The van der Waals surface area contributed by atoms with E-state index >= 15 is 0 Å². The Kier molecular flexibility index (Phi) is 3.15. The van der Waals surface area contributed by atoms with E-state index in [-0.39, 0.29) is 0 Å². The first kappa shape index (κ1) is 11.7. The molecule has 0 radical (unpaired) electrons. The SMILES string of the molecule is Cc1ccc(-n2cccn2)cc1Cc1ccccc1. The van der Waals surface area contributed by atoms with E-state index in [0.29, 0.717) is 0 Å². The van der Waals surface area contributed by atoms with E-state index in [2.05, 4.69) is 60.6 Å². The van der Waals surface area contributed by atoms with Crippen LogP contribution in [-0.4, -0.2) is 9.78 Å². The molecule has 3 aromatic rings. The summed E-state index contributed by atoms with van der Waals surface area (Å²) in [6.07, 6.45) is 4.73. The van der Waals surface area contributed by atoms with Crippen LogP contribution in [0, 0.1) is 6.92 Å². The maximum atomic E-state index is 4.28. The summed E-state index contributed by atoms with van der Waals surface area (Å²) >= 11 is 0. The smallest absolute Gasteiger partial charge is 0.0648 e. The van der Waals surface area contributed by atoms with Gasteiger partial charge in [-0.1, -0.05) is 36.4 Å². The minimum Gasteiger partial charge on any atom is -0.241 e. The molecule has 1 aromatic heterocycles. The highest BCUT2D eigenvalue weighted by molar-refractivity contribution is 5.41. The molecule has 0 aliphatic carbocycles. The van der Waals surface area contributed by atoms with E-state index in [0.717, 1.165) is 12.1 Å². The van der Waals surface area contributed by atoms with Crippen molar-refractivity contribution in [1.29, 1.82) is 0 Å². The number of hydrogen-bond donors (Lipinski definition) is 0. The molecule has 0 atom stereocenters. The average Bonchev–Trinajstić information content (AvgIpc) is 2.96. The Balaban J connectivity index is 1.95. The van der Waals surface area contributed by atoms with Gasteiger partial charge in [-0.3, -0.25) is 0 Å². The lowest BCUT2D eigenvalue weighted by molar-refractivity contribution is 0.876. The molecule has 0 saturated carbocycles. The van der Waals surface area contributed by atoms with Crippen molar-refractivity contribution in [3.8, 4) is 5.69 Å². The molecule has 0 aliphatic rings. The Bertz CT molecular complexity index is 655. The van der Waals surface area contributed by atoms with Crippen molar-refractivity contribution in [2.75, 3.05) is 0 Å². The van der Waals surface area contributed by atoms with E-state index in [4.69, 9.17) is 0 Å². The molecule has 0 fully saturated rings. The van der Waals surface area contributed by atoms with Crippen LogP contribution in [-0.2, 0) is 6.42 Å². The van der Waals surface area contributed by atoms with Crippen molar-refractivity contribution < 1.29 is 0 Å². The van der Waals surface area contributed by atoms with Gasteiger partial charge >= 0.3 is 0 Å². The predicted molar refractivity (Wildman–Crippen MR) is 77.5 cm³/mol. The Labute approximate surface area is 113 Å². The lowest BCUT2D eigenvalue weighted by Crippen LogP contribution is -1.98. The number of nitrogens with zero attached hydrogens (tertiary/aromatic N) is 2. The van der Waals surface area contributed by atoms with Crippen LogP contribution in [0.15, 0.2) is 67.0 Å². The zero-order chi connectivity index (χ0) is 13.1. The largest absolute Gasteiger partial charge is 0.241 e.